The highest BCUT2D eigenvalue weighted by Gasteiger charge is 2.22. The van der Waals surface area contributed by atoms with Crippen LogP contribution >= 0.6 is 0 Å². The van der Waals surface area contributed by atoms with Crippen molar-refractivity contribution < 1.29 is 9.59 Å². The summed E-state index contributed by atoms with van der Waals surface area (Å²) >= 11 is 0. The monoisotopic (exact) mass is 268 g/mol. The van der Waals surface area contributed by atoms with Crippen LogP contribution < -0.4 is 5.32 Å². The van der Waals surface area contributed by atoms with Gasteiger partial charge in [0.15, 0.2) is 0 Å². The first-order chi connectivity index (χ1) is 9.15. The van der Waals surface area contributed by atoms with Gasteiger partial charge in [-0.3, -0.25) is 9.59 Å². The molecule has 1 aliphatic carbocycles. The van der Waals surface area contributed by atoms with E-state index in [2.05, 4.69) is 12.2 Å². The van der Waals surface area contributed by atoms with Crippen LogP contribution in [-0.4, -0.2) is 35.8 Å². The van der Waals surface area contributed by atoms with Gasteiger partial charge in [0.1, 0.15) is 0 Å². The fourth-order valence-corrected chi connectivity index (χ4v) is 2.73. The van der Waals surface area contributed by atoms with E-state index in [1.165, 1.54) is 19.3 Å². The molecule has 19 heavy (non-hydrogen) atoms. The van der Waals surface area contributed by atoms with Gasteiger partial charge < -0.3 is 10.2 Å². The minimum absolute atomic E-state index is 0.106. The highest BCUT2D eigenvalue weighted by molar-refractivity contribution is 5.76. The largest absolute Gasteiger partial charge is 0.354 e. The number of hydrogen-bond donors (Lipinski definition) is 1. The SMILES string of the molecule is CCCCC(=O)NCCN(C(C)=O)C1CCCCC1. The summed E-state index contributed by atoms with van der Waals surface area (Å²) in [4.78, 5) is 25.2. The van der Waals surface area contributed by atoms with Crippen LogP contribution in [0.2, 0.25) is 0 Å². The Labute approximate surface area is 116 Å². The summed E-state index contributed by atoms with van der Waals surface area (Å²) < 4.78 is 0. The number of nitrogens with zero attached hydrogens (tertiary/aromatic N) is 1. The van der Waals surface area contributed by atoms with Gasteiger partial charge in [0.05, 0.1) is 0 Å². The summed E-state index contributed by atoms with van der Waals surface area (Å²) in [5, 5.41) is 2.91. The van der Waals surface area contributed by atoms with E-state index in [4.69, 9.17) is 0 Å². The van der Waals surface area contributed by atoms with Crippen molar-refractivity contribution in [1.29, 1.82) is 0 Å². The van der Waals surface area contributed by atoms with Crippen molar-refractivity contribution in [3.8, 4) is 0 Å². The van der Waals surface area contributed by atoms with E-state index in [1.807, 2.05) is 4.90 Å². The van der Waals surface area contributed by atoms with Crippen LogP contribution in [-0.2, 0) is 9.59 Å². The summed E-state index contributed by atoms with van der Waals surface area (Å²) in [5.41, 5.74) is 0. The molecule has 0 aliphatic heterocycles. The quantitative estimate of drug-likeness (QED) is 0.771. The van der Waals surface area contributed by atoms with E-state index in [1.54, 1.807) is 6.92 Å². The van der Waals surface area contributed by atoms with Crippen molar-refractivity contribution in [2.45, 2.75) is 71.3 Å². The van der Waals surface area contributed by atoms with Gasteiger partial charge in [-0.25, -0.2) is 0 Å². The lowest BCUT2D eigenvalue weighted by Gasteiger charge is -2.33. The molecule has 0 radical (unpaired) electrons. The predicted molar refractivity (Wildman–Crippen MR) is 76.8 cm³/mol. The Bertz CT molecular complexity index is 286. The lowest BCUT2D eigenvalue weighted by Crippen LogP contribution is -2.44. The first-order valence-electron chi connectivity index (χ1n) is 7.69. The molecule has 1 saturated carbocycles. The zero-order valence-electron chi connectivity index (χ0n) is 12.4. The molecule has 0 aromatic rings. The number of amides is 2. The summed E-state index contributed by atoms with van der Waals surface area (Å²) in [5.74, 6) is 0.240. The number of rotatable bonds is 7. The second-order valence-corrected chi connectivity index (χ2v) is 5.46. The maximum Gasteiger partial charge on any atom is 0.220 e. The van der Waals surface area contributed by atoms with Gasteiger partial charge in [-0.1, -0.05) is 32.6 Å². The third-order valence-electron chi connectivity index (χ3n) is 3.85. The van der Waals surface area contributed by atoms with Gasteiger partial charge >= 0.3 is 0 Å². The molecule has 1 N–H and O–H groups in total. The summed E-state index contributed by atoms with van der Waals surface area (Å²) in [6.07, 6.45) is 8.53. The minimum Gasteiger partial charge on any atom is -0.354 e. The Morgan fingerprint density at radius 3 is 2.47 bits per heavy atom. The van der Waals surface area contributed by atoms with Gasteiger partial charge in [-0.2, -0.15) is 0 Å². The summed E-state index contributed by atoms with van der Waals surface area (Å²) in [6.45, 7) is 4.94. The van der Waals surface area contributed by atoms with Crippen LogP contribution in [0.4, 0.5) is 0 Å². The molecule has 0 unspecified atom stereocenters. The third-order valence-corrected chi connectivity index (χ3v) is 3.85. The van der Waals surface area contributed by atoms with Crippen LogP contribution in [0.1, 0.15) is 65.2 Å². The molecular weight excluding hydrogens is 240 g/mol. The first-order valence-corrected chi connectivity index (χ1v) is 7.69. The number of carbonyl (C=O) groups excluding carboxylic acids is 2. The maximum atomic E-state index is 11.7. The topological polar surface area (TPSA) is 49.4 Å². The molecule has 0 spiro atoms. The molecule has 4 heteroatoms. The zero-order chi connectivity index (χ0) is 14.1. The fraction of sp³-hybridized carbons (Fsp3) is 0.867. The molecule has 0 bridgehead atoms. The van der Waals surface area contributed by atoms with Crippen molar-refractivity contribution >= 4 is 11.8 Å². The molecular formula is C15H28N2O2. The Hall–Kier alpha value is -1.06. The zero-order valence-corrected chi connectivity index (χ0v) is 12.4. The van der Waals surface area contributed by atoms with Gasteiger partial charge in [0.25, 0.3) is 0 Å². The molecule has 1 aliphatic rings. The average Bonchev–Trinajstić information content (AvgIpc) is 2.42. The van der Waals surface area contributed by atoms with Crippen molar-refractivity contribution in [1.82, 2.24) is 10.2 Å². The van der Waals surface area contributed by atoms with Gasteiger partial charge in [0.2, 0.25) is 11.8 Å². The van der Waals surface area contributed by atoms with Crippen molar-refractivity contribution in [3.63, 3.8) is 0 Å². The standard InChI is InChI=1S/C15H28N2O2/c1-3-4-10-15(19)16-11-12-17(13(2)18)14-8-6-5-7-9-14/h14H,3-12H2,1-2H3,(H,16,19). The molecule has 1 rings (SSSR count). The van der Waals surface area contributed by atoms with E-state index in [-0.39, 0.29) is 11.8 Å². The first kappa shape index (κ1) is 16.0. The Morgan fingerprint density at radius 1 is 1.21 bits per heavy atom. The lowest BCUT2D eigenvalue weighted by molar-refractivity contribution is -0.132. The summed E-state index contributed by atoms with van der Waals surface area (Å²) in [7, 11) is 0. The van der Waals surface area contributed by atoms with E-state index in [0.29, 0.717) is 25.6 Å². The average molecular weight is 268 g/mol. The second kappa shape index (κ2) is 8.94. The van der Waals surface area contributed by atoms with E-state index in [0.717, 1.165) is 25.7 Å². The van der Waals surface area contributed by atoms with Crippen LogP contribution in [0.5, 0.6) is 0 Å². The number of carbonyl (C=O) groups is 2. The molecule has 4 nitrogen and oxygen atoms in total. The third kappa shape index (κ3) is 6.08. The van der Waals surface area contributed by atoms with Crippen LogP contribution in [0.25, 0.3) is 0 Å². The minimum atomic E-state index is 0.106. The fourth-order valence-electron chi connectivity index (χ4n) is 2.73. The predicted octanol–water partition coefficient (Wildman–Crippen LogP) is 2.47. The number of unbranched alkanes of at least 4 members (excludes halogenated alkanes) is 1. The second-order valence-electron chi connectivity index (χ2n) is 5.46. The van der Waals surface area contributed by atoms with Crippen LogP contribution in [0.3, 0.4) is 0 Å². The maximum absolute atomic E-state index is 11.7. The van der Waals surface area contributed by atoms with Crippen molar-refractivity contribution in [2.24, 2.45) is 0 Å². The summed E-state index contributed by atoms with van der Waals surface area (Å²) in [6, 6.07) is 0.388. The van der Waals surface area contributed by atoms with Crippen LogP contribution in [0, 0.1) is 0 Å². The normalized spacial score (nSPS) is 16.1. The lowest BCUT2D eigenvalue weighted by atomic mass is 9.94. The molecule has 2 amide bonds. The van der Waals surface area contributed by atoms with Crippen LogP contribution in [0.15, 0.2) is 0 Å². The highest BCUT2D eigenvalue weighted by atomic mass is 16.2. The highest BCUT2D eigenvalue weighted by Crippen LogP contribution is 2.22. The smallest absolute Gasteiger partial charge is 0.220 e. The molecule has 110 valence electrons. The van der Waals surface area contributed by atoms with Crippen molar-refractivity contribution in [2.75, 3.05) is 13.1 Å². The molecule has 0 saturated heterocycles. The van der Waals surface area contributed by atoms with Gasteiger partial charge in [-0.15, -0.1) is 0 Å². The molecule has 0 heterocycles. The molecule has 1 fully saturated rings. The van der Waals surface area contributed by atoms with E-state index in [9.17, 15) is 9.59 Å². The number of nitrogens with one attached hydrogen (secondary N) is 1. The van der Waals surface area contributed by atoms with E-state index >= 15 is 0 Å². The molecule has 0 aromatic carbocycles. The Kier molecular flexibility index (Phi) is 7.53. The Morgan fingerprint density at radius 2 is 1.89 bits per heavy atom. The van der Waals surface area contributed by atoms with Gasteiger partial charge in [0, 0.05) is 32.5 Å². The van der Waals surface area contributed by atoms with Crippen molar-refractivity contribution in [3.05, 3.63) is 0 Å². The Balaban J connectivity index is 2.29. The molecule has 0 aromatic heterocycles. The molecule has 0 atom stereocenters. The van der Waals surface area contributed by atoms with E-state index < -0.39 is 0 Å². The number of hydrogen-bond acceptors (Lipinski definition) is 2. The van der Waals surface area contributed by atoms with Gasteiger partial charge in [-0.05, 0) is 19.3 Å².